The van der Waals surface area contributed by atoms with Crippen LogP contribution in [0.2, 0.25) is 0 Å². The molecule has 1 amide bonds. The van der Waals surface area contributed by atoms with E-state index in [2.05, 4.69) is 20.0 Å². The fourth-order valence-corrected chi connectivity index (χ4v) is 4.64. The maximum Gasteiger partial charge on any atom is 0.264 e. The third-order valence-corrected chi connectivity index (χ3v) is 6.84. The number of methoxy groups -OCH3 is 1. The van der Waals surface area contributed by atoms with Crippen molar-refractivity contribution in [2.45, 2.75) is 35.8 Å². The summed E-state index contributed by atoms with van der Waals surface area (Å²) < 4.78 is 32.8. The number of hydrogen-bond acceptors (Lipinski definition) is 7. The molecule has 0 fully saturated rings. The summed E-state index contributed by atoms with van der Waals surface area (Å²) in [6, 6.07) is 15.1. The standard InChI is InChI=1S/C22H24N4O4S2/c1-14-13-15(2)24-22(23-14)26-32(28,29)20-11-5-17(6-12-20)25-21(27)16(3)31-19-9-7-18(30-4)8-10-19/h5-13,16H,1-4H3,(H,25,27)(H,23,24,26). The van der Waals surface area contributed by atoms with Crippen LogP contribution in [-0.4, -0.2) is 36.7 Å². The zero-order valence-electron chi connectivity index (χ0n) is 18.1. The largest absolute Gasteiger partial charge is 0.497 e. The number of aryl methyl sites for hydroxylation is 2. The molecule has 10 heteroatoms. The molecule has 3 aromatic rings. The third kappa shape index (κ3) is 6.21. The van der Waals surface area contributed by atoms with Crippen molar-refractivity contribution >= 4 is 39.3 Å². The molecular formula is C22H24N4O4S2. The highest BCUT2D eigenvalue weighted by Gasteiger charge is 2.18. The van der Waals surface area contributed by atoms with Crippen LogP contribution in [0.3, 0.4) is 0 Å². The van der Waals surface area contributed by atoms with E-state index in [9.17, 15) is 13.2 Å². The van der Waals surface area contributed by atoms with Gasteiger partial charge in [0.1, 0.15) is 5.75 Å². The van der Waals surface area contributed by atoms with Gasteiger partial charge in [-0.05, 0) is 75.4 Å². The molecule has 1 heterocycles. The molecule has 0 aliphatic carbocycles. The number of nitrogens with one attached hydrogen (secondary N) is 2. The van der Waals surface area contributed by atoms with Gasteiger partial charge in [0.25, 0.3) is 10.0 Å². The lowest BCUT2D eigenvalue weighted by atomic mass is 10.3. The van der Waals surface area contributed by atoms with E-state index in [-0.39, 0.29) is 22.0 Å². The second kappa shape index (κ2) is 10.0. The molecule has 1 atom stereocenters. The molecule has 0 radical (unpaired) electrons. The number of ether oxygens (including phenoxy) is 1. The van der Waals surface area contributed by atoms with E-state index in [1.165, 1.54) is 23.9 Å². The van der Waals surface area contributed by atoms with Crippen LogP contribution in [0.1, 0.15) is 18.3 Å². The Balaban J connectivity index is 1.63. The van der Waals surface area contributed by atoms with Gasteiger partial charge in [-0.3, -0.25) is 4.79 Å². The smallest absolute Gasteiger partial charge is 0.264 e. The van der Waals surface area contributed by atoms with Crippen molar-refractivity contribution in [2.75, 3.05) is 17.1 Å². The highest BCUT2D eigenvalue weighted by molar-refractivity contribution is 8.00. The van der Waals surface area contributed by atoms with Gasteiger partial charge in [-0.1, -0.05) is 0 Å². The normalized spacial score (nSPS) is 12.1. The molecule has 1 aromatic heterocycles. The fraction of sp³-hybridized carbons (Fsp3) is 0.227. The molecule has 0 aliphatic rings. The lowest BCUT2D eigenvalue weighted by molar-refractivity contribution is -0.115. The fourth-order valence-electron chi connectivity index (χ4n) is 2.82. The van der Waals surface area contributed by atoms with E-state index >= 15 is 0 Å². The number of thioether (sulfide) groups is 1. The Kier molecular flexibility index (Phi) is 7.37. The first-order chi connectivity index (χ1) is 15.2. The first-order valence-corrected chi connectivity index (χ1v) is 12.1. The number of benzene rings is 2. The minimum atomic E-state index is -3.86. The van der Waals surface area contributed by atoms with Crippen molar-refractivity contribution in [3.05, 3.63) is 66.0 Å². The van der Waals surface area contributed by atoms with Crippen molar-refractivity contribution in [2.24, 2.45) is 0 Å². The molecule has 0 aliphatic heterocycles. The zero-order valence-corrected chi connectivity index (χ0v) is 19.8. The Hall–Kier alpha value is -3.11. The van der Waals surface area contributed by atoms with Crippen LogP contribution in [0.15, 0.2) is 64.4 Å². The molecule has 0 bridgehead atoms. The van der Waals surface area contributed by atoms with E-state index in [4.69, 9.17) is 4.74 Å². The Morgan fingerprint density at radius 1 is 1.00 bits per heavy atom. The number of carbonyl (C=O) groups is 1. The van der Waals surface area contributed by atoms with Crippen molar-refractivity contribution in [3.8, 4) is 5.75 Å². The van der Waals surface area contributed by atoms with Gasteiger partial charge in [-0.15, -0.1) is 11.8 Å². The Morgan fingerprint density at radius 3 is 2.16 bits per heavy atom. The topological polar surface area (TPSA) is 110 Å². The van der Waals surface area contributed by atoms with Crippen molar-refractivity contribution in [1.82, 2.24) is 9.97 Å². The summed E-state index contributed by atoms with van der Waals surface area (Å²) >= 11 is 1.41. The van der Waals surface area contributed by atoms with E-state index in [1.807, 2.05) is 24.3 Å². The van der Waals surface area contributed by atoms with E-state index in [1.54, 1.807) is 46.1 Å². The van der Waals surface area contributed by atoms with Gasteiger partial charge in [-0.2, -0.15) is 0 Å². The van der Waals surface area contributed by atoms with Crippen molar-refractivity contribution in [1.29, 1.82) is 0 Å². The molecule has 0 saturated heterocycles. The quantitative estimate of drug-likeness (QED) is 0.476. The van der Waals surface area contributed by atoms with Crippen LogP contribution >= 0.6 is 11.8 Å². The number of aromatic nitrogens is 2. The molecular weight excluding hydrogens is 448 g/mol. The number of carbonyl (C=O) groups excluding carboxylic acids is 1. The van der Waals surface area contributed by atoms with E-state index in [0.29, 0.717) is 17.1 Å². The van der Waals surface area contributed by atoms with Gasteiger partial charge in [0.2, 0.25) is 11.9 Å². The van der Waals surface area contributed by atoms with Crippen LogP contribution in [0.4, 0.5) is 11.6 Å². The minimum Gasteiger partial charge on any atom is -0.497 e. The Bertz CT molecular complexity index is 1180. The average Bonchev–Trinajstić information content (AvgIpc) is 2.73. The average molecular weight is 473 g/mol. The summed E-state index contributed by atoms with van der Waals surface area (Å²) in [5.74, 6) is 0.576. The molecule has 168 valence electrons. The van der Waals surface area contributed by atoms with Crippen LogP contribution < -0.4 is 14.8 Å². The SMILES string of the molecule is COc1ccc(SC(C)C(=O)Nc2ccc(S(=O)(=O)Nc3nc(C)cc(C)n3)cc2)cc1. The predicted molar refractivity (Wildman–Crippen MR) is 126 cm³/mol. The maximum atomic E-state index is 12.6. The molecule has 1 unspecified atom stereocenters. The highest BCUT2D eigenvalue weighted by atomic mass is 32.2. The molecule has 2 aromatic carbocycles. The second-order valence-electron chi connectivity index (χ2n) is 7.03. The second-order valence-corrected chi connectivity index (χ2v) is 10.1. The van der Waals surface area contributed by atoms with Gasteiger partial charge in [0, 0.05) is 22.0 Å². The van der Waals surface area contributed by atoms with E-state index < -0.39 is 10.0 Å². The predicted octanol–water partition coefficient (Wildman–Crippen LogP) is 4.02. The van der Waals surface area contributed by atoms with Gasteiger partial charge < -0.3 is 10.1 Å². The summed E-state index contributed by atoms with van der Waals surface area (Å²) in [7, 11) is -2.26. The van der Waals surface area contributed by atoms with Gasteiger partial charge in [0.05, 0.1) is 17.3 Å². The summed E-state index contributed by atoms with van der Waals surface area (Å²) in [6.07, 6.45) is 0. The molecule has 32 heavy (non-hydrogen) atoms. The van der Waals surface area contributed by atoms with Crippen LogP contribution in [0, 0.1) is 13.8 Å². The zero-order chi connectivity index (χ0) is 23.3. The van der Waals surface area contributed by atoms with Gasteiger partial charge in [-0.25, -0.2) is 23.1 Å². The van der Waals surface area contributed by atoms with Crippen LogP contribution in [0.25, 0.3) is 0 Å². The van der Waals surface area contributed by atoms with Crippen LogP contribution in [0.5, 0.6) is 5.75 Å². The minimum absolute atomic E-state index is 0.0178. The highest BCUT2D eigenvalue weighted by Crippen LogP contribution is 2.26. The Labute approximate surface area is 191 Å². The summed E-state index contributed by atoms with van der Waals surface area (Å²) in [5.41, 5.74) is 1.82. The van der Waals surface area contributed by atoms with Gasteiger partial charge >= 0.3 is 0 Å². The molecule has 0 saturated carbocycles. The summed E-state index contributed by atoms with van der Waals surface area (Å²) in [4.78, 5) is 21.7. The van der Waals surface area contributed by atoms with Crippen molar-refractivity contribution < 1.29 is 17.9 Å². The number of nitrogens with zero attached hydrogens (tertiary/aromatic N) is 2. The first-order valence-electron chi connectivity index (χ1n) is 9.73. The lowest BCUT2D eigenvalue weighted by Crippen LogP contribution is -2.22. The first kappa shape index (κ1) is 23.6. The van der Waals surface area contributed by atoms with Gasteiger partial charge in [0.15, 0.2) is 0 Å². The monoisotopic (exact) mass is 472 g/mol. The summed E-state index contributed by atoms with van der Waals surface area (Å²) in [6.45, 7) is 5.33. The molecule has 0 spiro atoms. The lowest BCUT2D eigenvalue weighted by Gasteiger charge is -2.13. The maximum absolute atomic E-state index is 12.6. The number of rotatable bonds is 8. The third-order valence-electron chi connectivity index (χ3n) is 4.38. The molecule has 3 rings (SSSR count). The Morgan fingerprint density at radius 2 is 1.59 bits per heavy atom. The van der Waals surface area contributed by atoms with Crippen LogP contribution in [-0.2, 0) is 14.8 Å². The number of hydrogen-bond donors (Lipinski definition) is 2. The molecule has 8 nitrogen and oxygen atoms in total. The number of amides is 1. The van der Waals surface area contributed by atoms with Crippen molar-refractivity contribution in [3.63, 3.8) is 0 Å². The number of sulfonamides is 1. The summed E-state index contributed by atoms with van der Waals surface area (Å²) in [5, 5.41) is 2.45. The van der Waals surface area contributed by atoms with E-state index in [0.717, 1.165) is 10.6 Å². The number of anilines is 2. The molecule has 2 N–H and O–H groups in total.